The Morgan fingerprint density at radius 1 is 1.56 bits per heavy atom. The zero-order valence-corrected chi connectivity index (χ0v) is 11.6. The molecule has 1 N–H and O–H groups in total. The summed E-state index contributed by atoms with van der Waals surface area (Å²) in [6.45, 7) is 9.60. The van der Waals surface area contributed by atoms with Crippen LogP contribution in [0.5, 0.6) is 0 Å². The van der Waals surface area contributed by atoms with Crippen LogP contribution in [0, 0.1) is 0 Å². The Kier molecular flexibility index (Phi) is 3.59. The van der Waals surface area contributed by atoms with E-state index in [0.29, 0.717) is 0 Å². The minimum absolute atomic E-state index is 0.164. The fourth-order valence-electron chi connectivity index (χ4n) is 2.61. The van der Waals surface area contributed by atoms with Gasteiger partial charge in [0.25, 0.3) is 0 Å². The van der Waals surface area contributed by atoms with Crippen LogP contribution in [0.25, 0.3) is 0 Å². The number of aliphatic hydroxyl groups is 1. The lowest BCUT2D eigenvalue weighted by Gasteiger charge is -2.43. The van der Waals surface area contributed by atoms with Crippen LogP contribution in [0.3, 0.4) is 0 Å². The Morgan fingerprint density at radius 2 is 2.28 bits per heavy atom. The molecule has 2 unspecified atom stereocenters. The quantitative estimate of drug-likeness (QED) is 0.873. The van der Waals surface area contributed by atoms with E-state index in [1.807, 2.05) is 12.1 Å². The van der Waals surface area contributed by atoms with Gasteiger partial charge >= 0.3 is 0 Å². The van der Waals surface area contributed by atoms with Gasteiger partial charge in [0.1, 0.15) is 5.82 Å². The third-order valence-electron chi connectivity index (χ3n) is 3.14. The highest BCUT2D eigenvalue weighted by atomic mass is 16.5. The fourth-order valence-corrected chi connectivity index (χ4v) is 2.61. The minimum Gasteiger partial charge on any atom is -0.389 e. The summed E-state index contributed by atoms with van der Waals surface area (Å²) >= 11 is 0. The second kappa shape index (κ2) is 4.86. The first-order chi connectivity index (χ1) is 8.39. The van der Waals surface area contributed by atoms with Crippen LogP contribution in [-0.4, -0.2) is 34.9 Å². The normalized spacial score (nSPS) is 24.9. The van der Waals surface area contributed by atoms with E-state index in [1.54, 1.807) is 13.1 Å². The summed E-state index contributed by atoms with van der Waals surface area (Å²) in [7, 11) is 0. The highest BCUT2D eigenvalue weighted by Gasteiger charge is 2.33. The van der Waals surface area contributed by atoms with Gasteiger partial charge in [0, 0.05) is 24.8 Å². The standard InChI is InChI=1S/C14H22N2O2/c1-10-8-16(9-14(3,4)18-10)13-12(11(2)17)6-5-7-15-13/h5-7,10-11,17H,8-9H2,1-4H3. The average molecular weight is 250 g/mol. The molecule has 0 bridgehead atoms. The van der Waals surface area contributed by atoms with Crippen LogP contribution in [-0.2, 0) is 4.74 Å². The molecule has 4 heteroatoms. The molecular formula is C14H22N2O2. The monoisotopic (exact) mass is 250 g/mol. The molecule has 100 valence electrons. The molecule has 0 aromatic carbocycles. The number of ether oxygens (including phenoxy) is 1. The van der Waals surface area contributed by atoms with Gasteiger partial charge in [-0.2, -0.15) is 0 Å². The van der Waals surface area contributed by atoms with E-state index in [0.717, 1.165) is 24.5 Å². The van der Waals surface area contributed by atoms with E-state index in [4.69, 9.17) is 4.74 Å². The van der Waals surface area contributed by atoms with Crippen molar-refractivity contribution >= 4 is 5.82 Å². The highest BCUT2D eigenvalue weighted by Crippen LogP contribution is 2.29. The Morgan fingerprint density at radius 3 is 2.89 bits per heavy atom. The van der Waals surface area contributed by atoms with Crippen molar-refractivity contribution < 1.29 is 9.84 Å². The van der Waals surface area contributed by atoms with Crippen molar-refractivity contribution in [2.75, 3.05) is 18.0 Å². The Balaban J connectivity index is 2.31. The number of hydrogen-bond donors (Lipinski definition) is 1. The maximum absolute atomic E-state index is 9.83. The fraction of sp³-hybridized carbons (Fsp3) is 0.643. The van der Waals surface area contributed by atoms with Gasteiger partial charge in [-0.05, 0) is 33.8 Å². The smallest absolute Gasteiger partial charge is 0.134 e. The van der Waals surface area contributed by atoms with Crippen molar-refractivity contribution in [3.05, 3.63) is 23.9 Å². The van der Waals surface area contributed by atoms with Crippen LogP contribution in [0.4, 0.5) is 5.82 Å². The second-order valence-electron chi connectivity index (χ2n) is 5.66. The largest absolute Gasteiger partial charge is 0.389 e. The number of hydrogen-bond acceptors (Lipinski definition) is 4. The average Bonchev–Trinajstić information content (AvgIpc) is 2.26. The predicted octanol–water partition coefficient (Wildman–Crippen LogP) is 2.14. The lowest BCUT2D eigenvalue weighted by molar-refractivity contribution is -0.0752. The molecular weight excluding hydrogens is 228 g/mol. The number of aliphatic hydroxyl groups excluding tert-OH is 1. The van der Waals surface area contributed by atoms with Gasteiger partial charge in [-0.1, -0.05) is 6.07 Å². The van der Waals surface area contributed by atoms with Gasteiger partial charge in [0.2, 0.25) is 0 Å². The molecule has 0 radical (unpaired) electrons. The van der Waals surface area contributed by atoms with Crippen LogP contribution in [0.15, 0.2) is 18.3 Å². The van der Waals surface area contributed by atoms with Crippen LogP contribution in [0.1, 0.15) is 39.4 Å². The number of pyridine rings is 1. The van der Waals surface area contributed by atoms with E-state index < -0.39 is 6.10 Å². The van der Waals surface area contributed by atoms with Crippen LogP contribution in [0.2, 0.25) is 0 Å². The number of anilines is 1. The van der Waals surface area contributed by atoms with Crippen LogP contribution >= 0.6 is 0 Å². The van der Waals surface area contributed by atoms with Gasteiger partial charge in [-0.3, -0.25) is 0 Å². The Hall–Kier alpha value is -1.13. The number of nitrogens with zero attached hydrogens (tertiary/aromatic N) is 2. The molecule has 2 atom stereocenters. The zero-order valence-electron chi connectivity index (χ0n) is 11.6. The van der Waals surface area contributed by atoms with Crippen molar-refractivity contribution in [3.8, 4) is 0 Å². The Labute approximate surface area is 109 Å². The lowest BCUT2D eigenvalue weighted by Crippen LogP contribution is -2.52. The molecule has 18 heavy (non-hydrogen) atoms. The second-order valence-corrected chi connectivity index (χ2v) is 5.66. The molecule has 4 nitrogen and oxygen atoms in total. The van der Waals surface area contributed by atoms with Crippen molar-refractivity contribution in [2.24, 2.45) is 0 Å². The summed E-state index contributed by atoms with van der Waals surface area (Å²) in [6.07, 6.45) is 1.43. The molecule has 1 aromatic heterocycles. The van der Waals surface area contributed by atoms with Gasteiger partial charge in [-0.25, -0.2) is 4.98 Å². The summed E-state index contributed by atoms with van der Waals surface area (Å²) in [5.74, 6) is 0.871. The van der Waals surface area contributed by atoms with E-state index >= 15 is 0 Å². The molecule has 1 aliphatic rings. The van der Waals surface area contributed by atoms with Gasteiger partial charge < -0.3 is 14.7 Å². The third kappa shape index (κ3) is 2.82. The van der Waals surface area contributed by atoms with Crippen molar-refractivity contribution in [2.45, 2.75) is 45.5 Å². The zero-order chi connectivity index (χ0) is 13.3. The third-order valence-corrected chi connectivity index (χ3v) is 3.14. The summed E-state index contributed by atoms with van der Waals surface area (Å²) in [5.41, 5.74) is 0.688. The maximum atomic E-state index is 9.83. The van der Waals surface area contributed by atoms with Crippen molar-refractivity contribution in [1.29, 1.82) is 0 Å². The highest BCUT2D eigenvalue weighted by molar-refractivity contribution is 5.48. The molecule has 1 saturated heterocycles. The molecule has 1 fully saturated rings. The molecule has 0 amide bonds. The van der Waals surface area contributed by atoms with Crippen molar-refractivity contribution in [1.82, 2.24) is 4.98 Å². The molecule has 2 heterocycles. The first-order valence-corrected chi connectivity index (χ1v) is 6.45. The lowest BCUT2D eigenvalue weighted by atomic mass is 10.0. The molecule has 1 aliphatic heterocycles. The summed E-state index contributed by atoms with van der Waals surface area (Å²) < 4.78 is 5.89. The van der Waals surface area contributed by atoms with Gasteiger partial charge in [0.05, 0.1) is 17.8 Å². The topological polar surface area (TPSA) is 45.6 Å². The molecule has 0 spiro atoms. The van der Waals surface area contributed by atoms with E-state index in [-0.39, 0.29) is 11.7 Å². The first kappa shape index (κ1) is 13.3. The minimum atomic E-state index is -0.505. The molecule has 0 aliphatic carbocycles. The van der Waals surface area contributed by atoms with Crippen LogP contribution < -0.4 is 4.90 Å². The predicted molar refractivity (Wildman–Crippen MR) is 71.7 cm³/mol. The van der Waals surface area contributed by atoms with E-state index in [1.165, 1.54) is 0 Å². The number of aromatic nitrogens is 1. The van der Waals surface area contributed by atoms with Gasteiger partial charge in [-0.15, -0.1) is 0 Å². The summed E-state index contributed by atoms with van der Waals surface area (Å²) in [6, 6.07) is 3.79. The summed E-state index contributed by atoms with van der Waals surface area (Å²) in [4.78, 5) is 6.64. The summed E-state index contributed by atoms with van der Waals surface area (Å²) in [5, 5.41) is 9.83. The number of morpholine rings is 1. The van der Waals surface area contributed by atoms with Crippen molar-refractivity contribution in [3.63, 3.8) is 0 Å². The first-order valence-electron chi connectivity index (χ1n) is 6.45. The number of rotatable bonds is 2. The molecule has 0 saturated carbocycles. The molecule has 2 rings (SSSR count). The van der Waals surface area contributed by atoms with E-state index in [9.17, 15) is 5.11 Å². The molecule has 1 aromatic rings. The SMILES string of the molecule is CC1CN(c2ncccc2C(C)O)CC(C)(C)O1. The van der Waals surface area contributed by atoms with Gasteiger partial charge in [0.15, 0.2) is 0 Å². The maximum Gasteiger partial charge on any atom is 0.134 e. The Bertz CT molecular complexity index is 418. The van der Waals surface area contributed by atoms with E-state index in [2.05, 4.69) is 30.7 Å².